The van der Waals surface area contributed by atoms with E-state index in [0.717, 1.165) is 24.8 Å². The number of ether oxygens (including phenoxy) is 2. The second kappa shape index (κ2) is 8.91. The van der Waals surface area contributed by atoms with Gasteiger partial charge in [0.2, 0.25) is 0 Å². The number of hydrogen-bond acceptors (Lipinski definition) is 4. The summed E-state index contributed by atoms with van der Waals surface area (Å²) in [5.41, 5.74) is 2.40. The molecule has 1 aliphatic rings. The van der Waals surface area contributed by atoms with Crippen molar-refractivity contribution >= 4 is 23.5 Å². The zero-order chi connectivity index (χ0) is 19.2. The summed E-state index contributed by atoms with van der Waals surface area (Å²) in [4.78, 5) is 24.3. The molecule has 6 heteroatoms. The number of halogens is 1. The van der Waals surface area contributed by atoms with Gasteiger partial charge in [0.15, 0.2) is 12.7 Å². The molecule has 0 aromatic heterocycles. The number of esters is 1. The topological polar surface area (TPSA) is 64.6 Å². The molecule has 0 bridgehead atoms. The number of carbonyl (C=O) groups excluding carboxylic acids is 2. The van der Waals surface area contributed by atoms with Gasteiger partial charge in [-0.1, -0.05) is 35.9 Å². The predicted octanol–water partition coefficient (Wildman–Crippen LogP) is 3.84. The molecule has 0 spiro atoms. The van der Waals surface area contributed by atoms with Crippen LogP contribution < -0.4 is 10.1 Å². The van der Waals surface area contributed by atoms with Crippen molar-refractivity contribution in [3.63, 3.8) is 0 Å². The normalized spacial score (nSPS) is 16.7. The van der Waals surface area contributed by atoms with Gasteiger partial charge in [0.1, 0.15) is 5.75 Å². The zero-order valence-corrected chi connectivity index (χ0v) is 15.9. The molecule has 2 aromatic carbocycles. The largest absolute Gasteiger partial charge is 0.479 e. The van der Waals surface area contributed by atoms with Gasteiger partial charge in [0, 0.05) is 5.02 Å². The molecular formula is C21H22ClNO4. The molecule has 0 saturated heterocycles. The Labute approximate surface area is 163 Å². The Morgan fingerprint density at radius 1 is 1.19 bits per heavy atom. The Morgan fingerprint density at radius 3 is 2.70 bits per heavy atom. The minimum Gasteiger partial charge on any atom is -0.479 e. The Balaban J connectivity index is 1.47. The van der Waals surface area contributed by atoms with Crippen LogP contribution in [0, 0.1) is 0 Å². The highest BCUT2D eigenvalue weighted by Crippen LogP contribution is 2.29. The van der Waals surface area contributed by atoms with E-state index in [4.69, 9.17) is 21.1 Å². The highest BCUT2D eigenvalue weighted by Gasteiger charge is 2.23. The predicted molar refractivity (Wildman–Crippen MR) is 103 cm³/mol. The van der Waals surface area contributed by atoms with Crippen molar-refractivity contribution in [2.75, 3.05) is 6.61 Å². The molecule has 1 aliphatic carbocycles. The maximum Gasteiger partial charge on any atom is 0.347 e. The summed E-state index contributed by atoms with van der Waals surface area (Å²) in [5, 5.41) is 3.54. The fraction of sp³-hybridized carbons (Fsp3) is 0.333. The molecule has 3 rings (SSSR count). The average Bonchev–Trinajstić information content (AvgIpc) is 2.68. The van der Waals surface area contributed by atoms with Crippen molar-refractivity contribution in [1.29, 1.82) is 0 Å². The number of aryl methyl sites for hydroxylation is 1. The number of amides is 1. The van der Waals surface area contributed by atoms with E-state index in [1.807, 2.05) is 18.2 Å². The van der Waals surface area contributed by atoms with Gasteiger partial charge in [-0.15, -0.1) is 0 Å². The average molecular weight is 388 g/mol. The second-order valence-electron chi connectivity index (χ2n) is 6.53. The first-order chi connectivity index (χ1) is 13.0. The molecule has 0 radical (unpaired) electrons. The van der Waals surface area contributed by atoms with Gasteiger partial charge in [0.05, 0.1) is 6.04 Å². The van der Waals surface area contributed by atoms with Crippen LogP contribution in [0.1, 0.15) is 36.9 Å². The van der Waals surface area contributed by atoms with Crippen LogP contribution in [0.25, 0.3) is 0 Å². The molecule has 0 heterocycles. The minimum atomic E-state index is -0.825. The van der Waals surface area contributed by atoms with Gasteiger partial charge in [-0.05, 0) is 61.6 Å². The molecule has 2 aromatic rings. The number of fused-ring (bicyclic) bond motifs is 1. The van der Waals surface area contributed by atoms with Gasteiger partial charge in [-0.25, -0.2) is 4.79 Å². The van der Waals surface area contributed by atoms with Crippen molar-refractivity contribution in [2.24, 2.45) is 0 Å². The van der Waals surface area contributed by atoms with Gasteiger partial charge in [-0.3, -0.25) is 4.79 Å². The second-order valence-corrected chi connectivity index (χ2v) is 6.97. The van der Waals surface area contributed by atoms with Crippen LogP contribution in [0.3, 0.4) is 0 Å². The summed E-state index contributed by atoms with van der Waals surface area (Å²) < 4.78 is 10.6. The van der Waals surface area contributed by atoms with Crippen LogP contribution in [0.2, 0.25) is 5.02 Å². The summed E-state index contributed by atoms with van der Waals surface area (Å²) >= 11 is 5.82. The fourth-order valence-corrected chi connectivity index (χ4v) is 3.29. The highest BCUT2D eigenvalue weighted by molar-refractivity contribution is 6.30. The van der Waals surface area contributed by atoms with E-state index in [9.17, 15) is 9.59 Å². The highest BCUT2D eigenvalue weighted by atomic mass is 35.5. The minimum absolute atomic E-state index is 0.0381. The third-order valence-corrected chi connectivity index (χ3v) is 4.76. The van der Waals surface area contributed by atoms with E-state index in [1.165, 1.54) is 5.56 Å². The maximum absolute atomic E-state index is 12.2. The molecular weight excluding hydrogens is 366 g/mol. The summed E-state index contributed by atoms with van der Waals surface area (Å²) in [6, 6.07) is 14.7. The molecule has 0 fully saturated rings. The van der Waals surface area contributed by atoms with E-state index in [1.54, 1.807) is 31.2 Å². The molecule has 5 nitrogen and oxygen atoms in total. The lowest BCUT2D eigenvalue weighted by atomic mass is 9.88. The van der Waals surface area contributed by atoms with Crippen LogP contribution in [0.4, 0.5) is 0 Å². The third kappa shape index (κ3) is 5.23. The SMILES string of the molecule is C[C@H](Oc1ccc(Cl)cc1)C(=O)OCC(=O)N[C@H]1CCCc2ccccc21. The smallest absolute Gasteiger partial charge is 0.347 e. The fourth-order valence-electron chi connectivity index (χ4n) is 3.16. The monoisotopic (exact) mass is 387 g/mol. The third-order valence-electron chi connectivity index (χ3n) is 4.51. The van der Waals surface area contributed by atoms with Crippen molar-refractivity contribution < 1.29 is 19.1 Å². The van der Waals surface area contributed by atoms with E-state index in [0.29, 0.717) is 10.8 Å². The van der Waals surface area contributed by atoms with Gasteiger partial charge < -0.3 is 14.8 Å². The molecule has 0 unspecified atom stereocenters. The standard InChI is InChI=1S/C21H22ClNO4/c1-14(27-17-11-9-16(22)10-12-17)21(25)26-13-20(24)23-19-8-4-6-15-5-2-3-7-18(15)19/h2-3,5,7,9-12,14,19H,4,6,8,13H2,1H3,(H,23,24)/t14-,19-/m0/s1. The molecule has 1 amide bonds. The summed E-state index contributed by atoms with van der Waals surface area (Å²) in [7, 11) is 0. The van der Waals surface area contributed by atoms with Crippen molar-refractivity contribution in [2.45, 2.75) is 38.3 Å². The molecule has 27 heavy (non-hydrogen) atoms. The Kier molecular flexibility index (Phi) is 6.35. The van der Waals surface area contributed by atoms with E-state index in [-0.39, 0.29) is 18.6 Å². The van der Waals surface area contributed by atoms with Gasteiger partial charge in [-0.2, -0.15) is 0 Å². The van der Waals surface area contributed by atoms with Crippen LogP contribution >= 0.6 is 11.6 Å². The van der Waals surface area contributed by atoms with Crippen LogP contribution in [0.5, 0.6) is 5.75 Å². The first-order valence-electron chi connectivity index (χ1n) is 8.99. The summed E-state index contributed by atoms with van der Waals surface area (Å²) in [6.07, 6.45) is 2.10. The van der Waals surface area contributed by atoms with Crippen LogP contribution in [-0.4, -0.2) is 24.6 Å². The van der Waals surface area contributed by atoms with Crippen LogP contribution in [0.15, 0.2) is 48.5 Å². The maximum atomic E-state index is 12.2. The summed E-state index contributed by atoms with van der Waals surface area (Å²) in [6.45, 7) is 1.25. The van der Waals surface area contributed by atoms with Crippen molar-refractivity contribution in [1.82, 2.24) is 5.32 Å². The molecule has 142 valence electrons. The number of nitrogens with one attached hydrogen (secondary N) is 1. The Bertz CT molecular complexity index is 806. The molecule has 2 atom stereocenters. The first kappa shape index (κ1) is 19.2. The number of hydrogen-bond donors (Lipinski definition) is 1. The lowest BCUT2D eigenvalue weighted by molar-refractivity contribution is -0.154. The molecule has 1 N–H and O–H groups in total. The van der Waals surface area contributed by atoms with Crippen molar-refractivity contribution in [3.8, 4) is 5.75 Å². The quantitative estimate of drug-likeness (QED) is 0.765. The van der Waals surface area contributed by atoms with E-state index in [2.05, 4.69) is 11.4 Å². The van der Waals surface area contributed by atoms with Crippen LogP contribution in [-0.2, 0) is 20.7 Å². The zero-order valence-electron chi connectivity index (χ0n) is 15.1. The Morgan fingerprint density at radius 2 is 1.93 bits per heavy atom. The van der Waals surface area contributed by atoms with E-state index >= 15 is 0 Å². The van der Waals surface area contributed by atoms with E-state index < -0.39 is 12.1 Å². The molecule has 0 aliphatic heterocycles. The van der Waals surface area contributed by atoms with Gasteiger partial charge in [0.25, 0.3) is 5.91 Å². The number of rotatable bonds is 6. The number of benzene rings is 2. The number of carbonyl (C=O) groups is 2. The molecule has 0 saturated carbocycles. The Hall–Kier alpha value is -2.53. The van der Waals surface area contributed by atoms with Gasteiger partial charge >= 0.3 is 5.97 Å². The first-order valence-corrected chi connectivity index (χ1v) is 9.37. The lowest BCUT2D eigenvalue weighted by Gasteiger charge is -2.26. The lowest BCUT2D eigenvalue weighted by Crippen LogP contribution is -2.36. The van der Waals surface area contributed by atoms with Crippen molar-refractivity contribution in [3.05, 3.63) is 64.7 Å². The summed E-state index contributed by atoms with van der Waals surface area (Å²) in [5.74, 6) is -0.403.